The van der Waals surface area contributed by atoms with Gasteiger partial charge in [0.15, 0.2) is 0 Å². The number of unbranched alkanes of at least 4 members (excludes halogenated alkanes) is 1. The molecule has 0 radical (unpaired) electrons. The van der Waals surface area contributed by atoms with Crippen molar-refractivity contribution in [1.82, 2.24) is 10.2 Å². The van der Waals surface area contributed by atoms with Gasteiger partial charge in [-0.25, -0.2) is 4.79 Å². The highest BCUT2D eigenvalue weighted by atomic mass is 32.2. The largest absolute Gasteiger partial charge is 0.481 e. The van der Waals surface area contributed by atoms with Gasteiger partial charge in [0.1, 0.15) is 0 Å². The lowest BCUT2D eigenvalue weighted by molar-refractivity contribution is -0.152. The van der Waals surface area contributed by atoms with Crippen LogP contribution in [0.25, 0.3) is 0 Å². The minimum atomic E-state index is -0.762. The second-order valence-corrected chi connectivity index (χ2v) is 6.78. The van der Waals surface area contributed by atoms with Gasteiger partial charge in [-0.2, -0.15) is 11.8 Å². The molecule has 0 bridgehead atoms. The summed E-state index contributed by atoms with van der Waals surface area (Å²) in [4.78, 5) is 25.5. The monoisotopic (exact) mass is 316 g/mol. The number of carbonyl (C=O) groups excluding carboxylic acids is 1. The van der Waals surface area contributed by atoms with Crippen LogP contribution < -0.4 is 5.32 Å². The number of likely N-dealkylation sites (tertiary alicyclic amines) is 1. The Bertz CT molecular complexity index is 348. The molecular formula is C15H28N2O3S. The van der Waals surface area contributed by atoms with Crippen molar-refractivity contribution in [2.75, 3.05) is 31.6 Å². The molecule has 5 nitrogen and oxygen atoms in total. The minimum absolute atomic E-state index is 0.111. The number of aliphatic carboxylic acids is 1. The molecular weight excluding hydrogens is 288 g/mol. The zero-order valence-corrected chi connectivity index (χ0v) is 14.0. The Balaban J connectivity index is 2.47. The van der Waals surface area contributed by atoms with Crippen LogP contribution in [-0.4, -0.2) is 53.6 Å². The summed E-state index contributed by atoms with van der Waals surface area (Å²) in [5.41, 5.74) is -0.747. The number of nitrogens with one attached hydrogen (secondary N) is 1. The summed E-state index contributed by atoms with van der Waals surface area (Å²) < 4.78 is 0. The van der Waals surface area contributed by atoms with E-state index in [0.717, 1.165) is 31.4 Å². The van der Waals surface area contributed by atoms with Gasteiger partial charge < -0.3 is 15.3 Å². The first-order valence-corrected chi connectivity index (χ1v) is 9.20. The summed E-state index contributed by atoms with van der Waals surface area (Å²) in [5.74, 6) is 0.347. The normalized spacial score (nSPS) is 22.1. The molecule has 6 heteroatoms. The summed E-state index contributed by atoms with van der Waals surface area (Å²) >= 11 is 1.81. The Morgan fingerprint density at radius 1 is 1.38 bits per heavy atom. The van der Waals surface area contributed by atoms with Gasteiger partial charge in [-0.15, -0.1) is 0 Å². The molecule has 1 heterocycles. The molecule has 21 heavy (non-hydrogen) atoms. The number of rotatable bonds is 8. The predicted molar refractivity (Wildman–Crippen MR) is 86.8 cm³/mol. The molecule has 1 aliphatic rings. The average Bonchev–Trinajstić information content (AvgIpc) is 2.47. The van der Waals surface area contributed by atoms with Crippen molar-refractivity contribution in [2.45, 2.75) is 45.4 Å². The minimum Gasteiger partial charge on any atom is -0.481 e. The molecule has 0 saturated carbocycles. The zero-order chi connectivity index (χ0) is 15.7. The number of carboxylic acid groups (broad SMARTS) is 1. The summed E-state index contributed by atoms with van der Waals surface area (Å²) in [5, 5.41) is 12.4. The topological polar surface area (TPSA) is 69.6 Å². The van der Waals surface area contributed by atoms with Crippen molar-refractivity contribution in [1.29, 1.82) is 0 Å². The van der Waals surface area contributed by atoms with Gasteiger partial charge in [0, 0.05) is 19.6 Å². The third-order valence-electron chi connectivity index (χ3n) is 4.10. The average molecular weight is 316 g/mol. The first-order valence-electron chi connectivity index (χ1n) is 7.81. The standard InChI is InChI=1S/C15H28N2O3S/c1-3-7-15(13(18)19)8-6-10-17(12-15)14(20)16-9-4-5-11-21-2/h3-12H2,1-2H3,(H,16,20)(H,18,19). The van der Waals surface area contributed by atoms with Crippen LogP contribution in [0.1, 0.15) is 45.4 Å². The van der Waals surface area contributed by atoms with E-state index in [9.17, 15) is 14.7 Å². The molecule has 1 saturated heterocycles. The van der Waals surface area contributed by atoms with Gasteiger partial charge in [-0.05, 0) is 44.1 Å². The highest BCUT2D eigenvalue weighted by molar-refractivity contribution is 7.98. The molecule has 1 unspecified atom stereocenters. The molecule has 1 rings (SSSR count). The van der Waals surface area contributed by atoms with Gasteiger partial charge in [-0.1, -0.05) is 13.3 Å². The molecule has 0 aliphatic carbocycles. The third kappa shape index (κ3) is 5.41. The molecule has 2 amide bonds. The predicted octanol–water partition coefficient (Wildman–Crippen LogP) is 2.81. The Labute approximate surface area is 131 Å². The fraction of sp³-hybridized carbons (Fsp3) is 0.867. The molecule has 1 aliphatic heterocycles. The van der Waals surface area contributed by atoms with E-state index in [4.69, 9.17) is 0 Å². The van der Waals surface area contributed by atoms with Crippen LogP contribution in [0, 0.1) is 5.41 Å². The van der Waals surface area contributed by atoms with Crippen LogP contribution in [-0.2, 0) is 4.79 Å². The molecule has 0 aromatic heterocycles. The van der Waals surface area contributed by atoms with E-state index < -0.39 is 11.4 Å². The van der Waals surface area contributed by atoms with Gasteiger partial charge in [-0.3, -0.25) is 4.79 Å². The van der Waals surface area contributed by atoms with Gasteiger partial charge in [0.2, 0.25) is 0 Å². The van der Waals surface area contributed by atoms with Crippen molar-refractivity contribution in [2.24, 2.45) is 5.41 Å². The number of amides is 2. The van der Waals surface area contributed by atoms with Crippen LogP contribution in [0.15, 0.2) is 0 Å². The Kier molecular flexibility index (Phi) is 7.93. The summed E-state index contributed by atoms with van der Waals surface area (Å²) in [7, 11) is 0. The summed E-state index contributed by atoms with van der Waals surface area (Å²) in [6.45, 7) is 3.67. The second kappa shape index (κ2) is 9.18. The van der Waals surface area contributed by atoms with Gasteiger partial charge in [0.05, 0.1) is 5.41 Å². The molecule has 0 aromatic rings. The third-order valence-corrected chi connectivity index (χ3v) is 4.79. The molecule has 0 aromatic carbocycles. The van der Waals surface area contributed by atoms with E-state index >= 15 is 0 Å². The number of thioether (sulfide) groups is 1. The maximum atomic E-state index is 12.2. The van der Waals surface area contributed by atoms with Crippen molar-refractivity contribution in [3.05, 3.63) is 0 Å². The van der Waals surface area contributed by atoms with Crippen molar-refractivity contribution in [3.63, 3.8) is 0 Å². The van der Waals surface area contributed by atoms with E-state index in [0.29, 0.717) is 32.5 Å². The van der Waals surface area contributed by atoms with Gasteiger partial charge >= 0.3 is 12.0 Å². The lowest BCUT2D eigenvalue weighted by Crippen LogP contribution is -2.52. The van der Waals surface area contributed by atoms with E-state index in [-0.39, 0.29) is 6.03 Å². The first kappa shape index (κ1) is 18.1. The lowest BCUT2D eigenvalue weighted by atomic mass is 9.76. The van der Waals surface area contributed by atoms with E-state index in [1.807, 2.05) is 18.7 Å². The Morgan fingerprint density at radius 2 is 2.14 bits per heavy atom. The maximum absolute atomic E-state index is 12.2. The SMILES string of the molecule is CCCC1(C(=O)O)CCCN(C(=O)NCCCCSC)C1. The van der Waals surface area contributed by atoms with Gasteiger partial charge in [0.25, 0.3) is 0 Å². The molecule has 122 valence electrons. The highest BCUT2D eigenvalue weighted by Crippen LogP contribution is 2.35. The number of hydrogen-bond acceptors (Lipinski definition) is 3. The maximum Gasteiger partial charge on any atom is 0.317 e. The van der Waals surface area contributed by atoms with Crippen LogP contribution in [0.2, 0.25) is 0 Å². The lowest BCUT2D eigenvalue weighted by Gasteiger charge is -2.39. The molecule has 0 spiro atoms. The number of nitrogens with zero attached hydrogens (tertiary/aromatic N) is 1. The first-order chi connectivity index (χ1) is 10.1. The number of carboxylic acids is 1. The van der Waals surface area contributed by atoms with E-state index in [1.165, 1.54) is 0 Å². The Morgan fingerprint density at radius 3 is 2.76 bits per heavy atom. The van der Waals surface area contributed by atoms with Crippen LogP contribution >= 0.6 is 11.8 Å². The Hall–Kier alpha value is -0.910. The number of hydrogen-bond donors (Lipinski definition) is 2. The zero-order valence-electron chi connectivity index (χ0n) is 13.2. The van der Waals surface area contributed by atoms with Crippen molar-refractivity contribution >= 4 is 23.8 Å². The number of urea groups is 1. The van der Waals surface area contributed by atoms with Crippen molar-refractivity contribution in [3.8, 4) is 0 Å². The summed E-state index contributed by atoms with van der Waals surface area (Å²) in [6, 6.07) is -0.111. The molecule has 1 fully saturated rings. The van der Waals surface area contributed by atoms with E-state index in [2.05, 4.69) is 11.6 Å². The van der Waals surface area contributed by atoms with Crippen molar-refractivity contribution < 1.29 is 14.7 Å². The quantitative estimate of drug-likeness (QED) is 0.676. The molecule has 1 atom stereocenters. The fourth-order valence-corrected chi connectivity index (χ4v) is 3.44. The molecule has 2 N–H and O–H groups in total. The van der Waals surface area contributed by atoms with Crippen LogP contribution in [0.4, 0.5) is 4.79 Å². The highest BCUT2D eigenvalue weighted by Gasteiger charge is 2.42. The van der Waals surface area contributed by atoms with Crippen LogP contribution in [0.5, 0.6) is 0 Å². The number of carbonyl (C=O) groups is 2. The van der Waals surface area contributed by atoms with Crippen LogP contribution in [0.3, 0.4) is 0 Å². The number of piperidine rings is 1. The smallest absolute Gasteiger partial charge is 0.317 e. The van der Waals surface area contributed by atoms with E-state index in [1.54, 1.807) is 4.90 Å². The summed E-state index contributed by atoms with van der Waals surface area (Å²) in [6.07, 6.45) is 7.05. The fourth-order valence-electron chi connectivity index (χ4n) is 2.95. The second-order valence-electron chi connectivity index (χ2n) is 5.79.